The zero-order valence-corrected chi connectivity index (χ0v) is 19.6. The fourth-order valence-electron chi connectivity index (χ4n) is 3.56. The van der Waals surface area contributed by atoms with Crippen molar-refractivity contribution < 1.29 is 21.6 Å². The van der Waals surface area contributed by atoms with Gasteiger partial charge in [0.15, 0.2) is 5.13 Å². The fourth-order valence-corrected chi connectivity index (χ4v) is 6.55. The topological polar surface area (TPSA) is 140 Å². The van der Waals surface area contributed by atoms with Crippen molar-refractivity contribution in [1.82, 2.24) is 9.29 Å². The zero-order chi connectivity index (χ0) is 23.1. The molecule has 1 aromatic heterocycles. The van der Waals surface area contributed by atoms with Crippen molar-refractivity contribution >= 4 is 52.6 Å². The number of primary sulfonamides is 1. The number of nitrogens with two attached hydrogens (primary N) is 1. The molecule has 0 spiro atoms. The van der Waals surface area contributed by atoms with Crippen molar-refractivity contribution in [3.63, 3.8) is 0 Å². The molecular formula is C20H22N4O5S3. The van der Waals surface area contributed by atoms with Gasteiger partial charge in [-0.2, -0.15) is 4.31 Å². The summed E-state index contributed by atoms with van der Waals surface area (Å²) in [6.45, 7) is 2.41. The van der Waals surface area contributed by atoms with Gasteiger partial charge in [0.1, 0.15) is 0 Å². The van der Waals surface area contributed by atoms with Crippen LogP contribution in [-0.4, -0.2) is 45.1 Å². The van der Waals surface area contributed by atoms with Gasteiger partial charge < -0.3 is 5.32 Å². The number of benzene rings is 2. The number of aromatic nitrogens is 1. The lowest BCUT2D eigenvalue weighted by Crippen LogP contribution is -2.41. The van der Waals surface area contributed by atoms with Crippen molar-refractivity contribution in [3.05, 3.63) is 48.0 Å². The molecule has 3 aromatic rings. The van der Waals surface area contributed by atoms with E-state index < -0.39 is 20.0 Å². The number of sulfonamides is 2. The van der Waals surface area contributed by atoms with Gasteiger partial charge in [-0.05, 0) is 50.1 Å². The lowest BCUT2D eigenvalue weighted by Gasteiger charge is -2.30. The van der Waals surface area contributed by atoms with Gasteiger partial charge in [-0.1, -0.05) is 29.0 Å². The maximum atomic E-state index is 12.8. The van der Waals surface area contributed by atoms with E-state index in [1.54, 1.807) is 24.3 Å². The van der Waals surface area contributed by atoms with Gasteiger partial charge in [0.05, 0.1) is 20.0 Å². The van der Waals surface area contributed by atoms with Crippen LogP contribution in [0.5, 0.6) is 0 Å². The Kier molecular flexibility index (Phi) is 6.07. The van der Waals surface area contributed by atoms with E-state index >= 15 is 0 Å². The number of rotatable bonds is 5. The first-order valence-electron chi connectivity index (χ1n) is 9.85. The Morgan fingerprint density at radius 2 is 1.69 bits per heavy atom. The van der Waals surface area contributed by atoms with Gasteiger partial charge in [0.25, 0.3) is 0 Å². The number of nitrogens with one attached hydrogen (secondary N) is 1. The standard InChI is InChI=1S/C20H22N4O5S3/c1-13-2-4-15(5-3-13)32(28,29)24-10-8-14(9-11-24)19(25)23-20-22-17-7-6-16(31(21,26)27)12-18(17)30-20/h2-7,12,14H,8-11H2,1H3,(H2,21,26,27)(H,22,23,25). The minimum atomic E-state index is -3.83. The number of carbonyl (C=O) groups is 1. The molecule has 12 heteroatoms. The lowest BCUT2D eigenvalue weighted by molar-refractivity contribution is -0.120. The third kappa shape index (κ3) is 4.69. The highest BCUT2D eigenvalue weighted by atomic mass is 32.2. The highest BCUT2D eigenvalue weighted by Crippen LogP contribution is 2.30. The first-order valence-corrected chi connectivity index (χ1v) is 13.7. The second-order valence-electron chi connectivity index (χ2n) is 7.67. The summed E-state index contributed by atoms with van der Waals surface area (Å²) in [7, 11) is -7.42. The Hall–Kier alpha value is -2.38. The van der Waals surface area contributed by atoms with Crippen LogP contribution in [0.1, 0.15) is 18.4 Å². The summed E-state index contributed by atoms with van der Waals surface area (Å²) in [6.07, 6.45) is 0.800. The average Bonchev–Trinajstić information content (AvgIpc) is 3.15. The molecule has 0 bridgehead atoms. The van der Waals surface area contributed by atoms with Crippen LogP contribution in [0.4, 0.5) is 5.13 Å². The quantitative estimate of drug-likeness (QED) is 0.558. The van der Waals surface area contributed by atoms with Crippen molar-refractivity contribution in [1.29, 1.82) is 0 Å². The number of anilines is 1. The number of fused-ring (bicyclic) bond motifs is 1. The summed E-state index contributed by atoms with van der Waals surface area (Å²) in [5, 5.41) is 8.28. The highest BCUT2D eigenvalue weighted by molar-refractivity contribution is 7.89. The average molecular weight is 495 g/mol. The Morgan fingerprint density at radius 3 is 2.31 bits per heavy atom. The Labute approximate surface area is 190 Å². The van der Waals surface area contributed by atoms with E-state index in [9.17, 15) is 21.6 Å². The lowest BCUT2D eigenvalue weighted by atomic mass is 9.97. The van der Waals surface area contributed by atoms with Crippen molar-refractivity contribution in [2.24, 2.45) is 11.1 Å². The molecule has 0 saturated carbocycles. The van der Waals surface area contributed by atoms with Gasteiger partial charge in [0.2, 0.25) is 26.0 Å². The van der Waals surface area contributed by atoms with Gasteiger partial charge >= 0.3 is 0 Å². The van der Waals surface area contributed by atoms with Crippen LogP contribution < -0.4 is 10.5 Å². The summed E-state index contributed by atoms with van der Waals surface area (Å²) in [6, 6.07) is 11.0. The molecule has 1 amide bonds. The Morgan fingerprint density at radius 1 is 1.06 bits per heavy atom. The minimum Gasteiger partial charge on any atom is -0.302 e. The summed E-state index contributed by atoms with van der Waals surface area (Å²) >= 11 is 1.15. The van der Waals surface area contributed by atoms with E-state index in [1.807, 2.05) is 6.92 Å². The molecule has 1 aliphatic heterocycles. The monoisotopic (exact) mass is 494 g/mol. The fraction of sp³-hybridized carbons (Fsp3) is 0.300. The maximum absolute atomic E-state index is 12.8. The molecular weight excluding hydrogens is 472 g/mol. The predicted octanol–water partition coefficient (Wildman–Crippen LogP) is 2.29. The second-order valence-corrected chi connectivity index (χ2v) is 12.2. The molecule has 170 valence electrons. The molecule has 0 aliphatic carbocycles. The first-order chi connectivity index (χ1) is 15.0. The third-order valence-electron chi connectivity index (χ3n) is 5.40. The molecule has 0 radical (unpaired) electrons. The largest absolute Gasteiger partial charge is 0.302 e. The molecule has 9 nitrogen and oxygen atoms in total. The predicted molar refractivity (Wildman–Crippen MR) is 122 cm³/mol. The van der Waals surface area contributed by atoms with Crippen molar-refractivity contribution in [2.75, 3.05) is 18.4 Å². The van der Waals surface area contributed by atoms with Crippen LogP contribution in [0.2, 0.25) is 0 Å². The smallest absolute Gasteiger partial charge is 0.243 e. The van der Waals surface area contributed by atoms with Crippen molar-refractivity contribution in [3.8, 4) is 0 Å². The molecule has 1 saturated heterocycles. The summed E-state index contributed by atoms with van der Waals surface area (Å²) in [5.41, 5.74) is 1.53. The van der Waals surface area contributed by atoms with E-state index in [1.165, 1.54) is 22.5 Å². The Bertz CT molecular complexity index is 1370. The Balaban J connectivity index is 1.41. The van der Waals surface area contributed by atoms with Crippen LogP contribution in [0, 0.1) is 12.8 Å². The van der Waals surface area contributed by atoms with Gasteiger partial charge in [-0.3, -0.25) is 4.79 Å². The highest BCUT2D eigenvalue weighted by Gasteiger charge is 2.32. The van der Waals surface area contributed by atoms with Crippen LogP contribution in [-0.2, 0) is 24.8 Å². The number of thiazole rings is 1. The first kappa shape index (κ1) is 22.8. The van der Waals surface area contributed by atoms with Crippen molar-refractivity contribution in [2.45, 2.75) is 29.6 Å². The molecule has 3 N–H and O–H groups in total. The van der Waals surface area contributed by atoms with Crippen LogP contribution in [0.15, 0.2) is 52.3 Å². The number of aryl methyl sites for hydroxylation is 1. The summed E-state index contributed by atoms with van der Waals surface area (Å²) in [4.78, 5) is 17.3. The van der Waals surface area contributed by atoms with Gasteiger partial charge in [-0.25, -0.2) is 27.0 Å². The molecule has 0 unspecified atom stereocenters. The molecule has 0 atom stereocenters. The molecule has 2 aromatic carbocycles. The number of piperidine rings is 1. The SMILES string of the molecule is Cc1ccc(S(=O)(=O)N2CCC(C(=O)Nc3nc4ccc(S(N)(=O)=O)cc4s3)CC2)cc1. The third-order valence-corrected chi connectivity index (χ3v) is 9.16. The van der Waals surface area contributed by atoms with Gasteiger partial charge in [0, 0.05) is 19.0 Å². The van der Waals surface area contributed by atoms with Gasteiger partial charge in [-0.15, -0.1) is 0 Å². The minimum absolute atomic E-state index is 0.0197. The van der Waals surface area contributed by atoms with E-state index in [-0.39, 0.29) is 34.7 Å². The zero-order valence-electron chi connectivity index (χ0n) is 17.2. The van der Waals surface area contributed by atoms with Crippen LogP contribution >= 0.6 is 11.3 Å². The van der Waals surface area contributed by atoms with E-state index in [2.05, 4.69) is 10.3 Å². The molecule has 32 heavy (non-hydrogen) atoms. The maximum Gasteiger partial charge on any atom is 0.243 e. The normalized spacial score (nSPS) is 16.3. The number of carbonyl (C=O) groups excluding carboxylic acids is 1. The molecule has 4 rings (SSSR count). The molecule has 1 aliphatic rings. The number of hydrogen-bond donors (Lipinski definition) is 2. The summed E-state index contributed by atoms with van der Waals surface area (Å²) in [5.74, 6) is -0.574. The molecule has 1 fully saturated rings. The van der Waals surface area contributed by atoms with E-state index in [0.717, 1.165) is 16.9 Å². The van der Waals surface area contributed by atoms with E-state index in [4.69, 9.17) is 5.14 Å². The number of nitrogens with zero attached hydrogens (tertiary/aromatic N) is 2. The summed E-state index contributed by atoms with van der Waals surface area (Å²) < 4.78 is 50.7. The van der Waals surface area contributed by atoms with E-state index in [0.29, 0.717) is 28.2 Å². The number of hydrogen-bond acceptors (Lipinski definition) is 7. The second kappa shape index (κ2) is 8.52. The number of amides is 1. The van der Waals surface area contributed by atoms with Crippen LogP contribution in [0.25, 0.3) is 10.2 Å². The van der Waals surface area contributed by atoms with Crippen LogP contribution in [0.3, 0.4) is 0 Å². The molecule has 2 heterocycles.